The zero-order valence-electron chi connectivity index (χ0n) is 25.7. The maximum Gasteiger partial charge on any atom is 0.164 e. The van der Waals surface area contributed by atoms with Gasteiger partial charge in [-0.15, -0.1) is 34.9 Å². The Kier molecular flexibility index (Phi) is 10.6. The fraction of sp³-hybridized carbons (Fsp3) is 0.412. The number of nitrogens with zero attached hydrogens (tertiary/aromatic N) is 3. The molecular formula is C34H42IrN3O2-. The van der Waals surface area contributed by atoms with Crippen LogP contribution in [0.15, 0.2) is 42.2 Å². The van der Waals surface area contributed by atoms with Crippen LogP contribution in [0.5, 0.6) is 0 Å². The number of aliphatic hydroxyl groups is 1. The van der Waals surface area contributed by atoms with E-state index >= 15 is 0 Å². The summed E-state index contributed by atoms with van der Waals surface area (Å²) in [7, 11) is 0. The summed E-state index contributed by atoms with van der Waals surface area (Å²) in [4.78, 5) is 25.8. The van der Waals surface area contributed by atoms with E-state index in [9.17, 15) is 9.90 Å². The number of allylic oxidation sites excluding steroid dienone is 2. The van der Waals surface area contributed by atoms with Crippen molar-refractivity contribution in [2.45, 2.75) is 82.6 Å². The number of benzene rings is 2. The van der Waals surface area contributed by atoms with E-state index in [-0.39, 0.29) is 37.1 Å². The summed E-state index contributed by atoms with van der Waals surface area (Å²) in [5, 5.41) is 13.1. The Labute approximate surface area is 252 Å². The number of hydrogen-bond donors (Lipinski definition) is 1. The van der Waals surface area contributed by atoms with Crippen LogP contribution in [0, 0.1) is 51.5 Å². The molecule has 0 bridgehead atoms. The average Bonchev–Trinajstić information content (AvgIpc) is 2.82. The Morgan fingerprint density at radius 1 is 0.975 bits per heavy atom. The van der Waals surface area contributed by atoms with E-state index in [4.69, 9.17) is 9.97 Å². The van der Waals surface area contributed by atoms with Crippen LogP contribution in [0.1, 0.15) is 76.3 Å². The van der Waals surface area contributed by atoms with Crippen molar-refractivity contribution in [2.24, 2.45) is 10.8 Å². The van der Waals surface area contributed by atoms with Crippen LogP contribution in [0.2, 0.25) is 0 Å². The van der Waals surface area contributed by atoms with Gasteiger partial charge in [-0.05, 0) is 49.7 Å². The molecule has 2 aromatic heterocycles. The molecule has 0 aliphatic rings. The van der Waals surface area contributed by atoms with Crippen LogP contribution in [0.3, 0.4) is 0 Å². The number of aromatic nitrogens is 3. The van der Waals surface area contributed by atoms with E-state index in [0.717, 1.165) is 51.2 Å². The average molecular weight is 717 g/mol. The molecule has 40 heavy (non-hydrogen) atoms. The van der Waals surface area contributed by atoms with Gasteiger partial charge in [-0.1, -0.05) is 67.5 Å². The molecule has 0 spiro atoms. The van der Waals surface area contributed by atoms with E-state index in [1.165, 1.54) is 22.6 Å². The predicted octanol–water partition coefficient (Wildman–Crippen LogP) is 8.66. The van der Waals surface area contributed by atoms with E-state index < -0.39 is 5.41 Å². The number of carbonyl (C=O) groups excluding carboxylic acids is 1. The Morgan fingerprint density at radius 2 is 1.62 bits per heavy atom. The summed E-state index contributed by atoms with van der Waals surface area (Å²) in [5.41, 5.74) is 6.65. The second-order valence-electron chi connectivity index (χ2n) is 12.1. The molecule has 2 heterocycles. The van der Waals surface area contributed by atoms with Crippen molar-refractivity contribution in [3.05, 3.63) is 76.6 Å². The normalized spacial score (nSPS) is 12.1. The fourth-order valence-electron chi connectivity index (χ4n) is 4.32. The molecule has 1 radical (unpaired) electrons. The molecule has 6 heteroatoms. The van der Waals surface area contributed by atoms with Gasteiger partial charge in [-0.25, -0.2) is 4.98 Å². The van der Waals surface area contributed by atoms with Crippen molar-refractivity contribution in [3.63, 3.8) is 0 Å². The first kappa shape index (κ1) is 33.3. The van der Waals surface area contributed by atoms with Crippen molar-refractivity contribution < 1.29 is 30.0 Å². The minimum atomic E-state index is -0.419. The van der Waals surface area contributed by atoms with E-state index in [1.54, 1.807) is 0 Å². The number of ketones is 1. The van der Waals surface area contributed by atoms with Gasteiger partial charge in [-0.3, -0.25) is 14.8 Å². The second kappa shape index (κ2) is 12.7. The Balaban J connectivity index is 0.000000323. The fourth-order valence-corrected chi connectivity index (χ4v) is 4.32. The molecule has 4 aromatic rings. The first-order valence-electron chi connectivity index (χ1n) is 13.6. The summed E-state index contributed by atoms with van der Waals surface area (Å²) in [6, 6.07) is 14.0. The van der Waals surface area contributed by atoms with Crippen LogP contribution in [-0.2, 0) is 24.9 Å². The zero-order chi connectivity index (χ0) is 29.3. The number of aryl methyl sites for hydroxylation is 5. The van der Waals surface area contributed by atoms with Gasteiger partial charge in [0.2, 0.25) is 0 Å². The maximum atomic E-state index is 11.6. The first-order valence-corrected chi connectivity index (χ1v) is 13.6. The van der Waals surface area contributed by atoms with Crippen molar-refractivity contribution in [1.82, 2.24) is 15.0 Å². The standard InChI is InChI=1S/C22H20N3.C12H22O2.Ir/c1-12-6-8-18(13(2)10-12)21-19-9-7-17-11-14(3)23-15(4)20(17)22(19)25-16(5)24-21;1-7-12(5,6)10(14)8-9(13)11(2,3)4;/h6-7,9-11H,1-5H3;8,14H,7H2,1-6H3;/q-1;;/b;10-8-;. The largest absolute Gasteiger partial charge is 0.512 e. The van der Waals surface area contributed by atoms with Crippen molar-refractivity contribution in [3.8, 4) is 11.3 Å². The van der Waals surface area contributed by atoms with Crippen LogP contribution < -0.4 is 0 Å². The van der Waals surface area contributed by atoms with Crippen LogP contribution in [0.4, 0.5) is 0 Å². The van der Waals surface area contributed by atoms with E-state index in [2.05, 4.69) is 56.1 Å². The van der Waals surface area contributed by atoms with Crippen molar-refractivity contribution in [1.29, 1.82) is 0 Å². The minimum absolute atomic E-state index is 0. The molecule has 2 aromatic carbocycles. The van der Waals surface area contributed by atoms with Gasteiger partial charge in [-0.2, -0.15) is 0 Å². The minimum Gasteiger partial charge on any atom is -0.512 e. The van der Waals surface area contributed by atoms with Crippen LogP contribution >= 0.6 is 0 Å². The molecule has 0 aliphatic heterocycles. The van der Waals surface area contributed by atoms with Crippen LogP contribution in [0.25, 0.3) is 32.9 Å². The third-order valence-electron chi connectivity index (χ3n) is 7.19. The number of fused-ring (bicyclic) bond motifs is 3. The van der Waals surface area contributed by atoms with Crippen LogP contribution in [-0.4, -0.2) is 25.8 Å². The Morgan fingerprint density at radius 3 is 2.20 bits per heavy atom. The molecular weight excluding hydrogens is 675 g/mol. The molecule has 1 N–H and O–H groups in total. The Hall–Kier alpha value is -2.95. The summed E-state index contributed by atoms with van der Waals surface area (Å²) < 4.78 is 0. The maximum absolute atomic E-state index is 11.6. The number of hydrogen-bond acceptors (Lipinski definition) is 5. The summed E-state index contributed by atoms with van der Waals surface area (Å²) in [6.07, 6.45) is 2.18. The molecule has 0 aliphatic carbocycles. The molecule has 0 unspecified atom stereocenters. The smallest absolute Gasteiger partial charge is 0.164 e. The van der Waals surface area contributed by atoms with Gasteiger partial charge in [0.05, 0.1) is 5.52 Å². The molecule has 0 amide bonds. The topological polar surface area (TPSA) is 76.0 Å². The van der Waals surface area contributed by atoms with Gasteiger partial charge < -0.3 is 5.11 Å². The molecule has 5 nitrogen and oxygen atoms in total. The quantitative estimate of drug-likeness (QED) is 0.0991. The number of aliphatic hydroxyl groups excluding tert-OH is 1. The first-order chi connectivity index (χ1) is 18.0. The van der Waals surface area contributed by atoms with Crippen molar-refractivity contribution >= 4 is 27.5 Å². The monoisotopic (exact) mass is 717 g/mol. The third kappa shape index (κ3) is 7.41. The summed E-state index contributed by atoms with van der Waals surface area (Å²) in [6.45, 7) is 21.6. The van der Waals surface area contributed by atoms with Gasteiger partial charge in [0.15, 0.2) is 5.78 Å². The number of pyridine rings is 1. The summed E-state index contributed by atoms with van der Waals surface area (Å²) in [5.74, 6) is 0.916. The van der Waals surface area contributed by atoms with Crippen molar-refractivity contribution in [2.75, 3.05) is 0 Å². The van der Waals surface area contributed by atoms with E-state index in [0.29, 0.717) is 0 Å². The van der Waals surface area contributed by atoms with E-state index in [1.807, 2.05) is 61.5 Å². The number of rotatable bonds is 4. The zero-order valence-corrected chi connectivity index (χ0v) is 28.1. The van der Waals surface area contributed by atoms with Gasteiger partial charge in [0.25, 0.3) is 0 Å². The Bertz CT molecular complexity index is 1580. The molecule has 0 fully saturated rings. The molecule has 0 saturated carbocycles. The molecule has 0 saturated heterocycles. The van der Waals surface area contributed by atoms with Gasteiger partial charge in [0.1, 0.15) is 11.6 Å². The molecule has 215 valence electrons. The third-order valence-corrected chi connectivity index (χ3v) is 7.19. The summed E-state index contributed by atoms with van der Waals surface area (Å²) >= 11 is 0. The van der Waals surface area contributed by atoms with Gasteiger partial charge in [0, 0.05) is 53.8 Å². The van der Waals surface area contributed by atoms with Gasteiger partial charge >= 0.3 is 0 Å². The second-order valence-corrected chi connectivity index (χ2v) is 12.1. The number of carbonyl (C=O) groups is 1. The predicted molar refractivity (Wildman–Crippen MR) is 162 cm³/mol. The SMILES string of the molecule is CCC(C)(C)/C(O)=C/C(=O)C(C)(C)C.Cc1c[c-]c(-c2nc(C)nc3c2ccc2cc(C)nc(C)c23)c(C)c1.[Ir]. The molecule has 0 atom stereocenters. The molecule has 4 rings (SSSR count).